The molecule has 23 heavy (non-hydrogen) atoms. The van der Waals surface area contributed by atoms with Crippen LogP contribution in [-0.4, -0.2) is 34.0 Å². The Hall–Kier alpha value is -1.36. The molecule has 0 saturated heterocycles. The average molecular weight is 374 g/mol. The van der Waals surface area contributed by atoms with Crippen molar-refractivity contribution in [2.45, 2.75) is 17.5 Å². The van der Waals surface area contributed by atoms with Gasteiger partial charge in [-0.15, -0.1) is 0 Å². The number of hydrogen-bond acceptors (Lipinski definition) is 4. The van der Waals surface area contributed by atoms with Crippen molar-refractivity contribution in [3.8, 4) is 0 Å². The van der Waals surface area contributed by atoms with Crippen molar-refractivity contribution in [2.24, 2.45) is 5.73 Å². The molecular formula is C12H15ClF3N3O3S. The molecule has 0 bridgehead atoms. The molecule has 0 unspecified atom stereocenters. The summed E-state index contributed by atoms with van der Waals surface area (Å²) in [5.74, 6) is -0.426. The average Bonchev–Trinajstić information content (AvgIpc) is 2.43. The molecule has 0 saturated carbocycles. The summed E-state index contributed by atoms with van der Waals surface area (Å²) < 4.78 is 64.1. The molecule has 0 aliphatic heterocycles. The first-order chi connectivity index (χ1) is 10.6. The number of nitrogens with one attached hydrogen (secondary N) is 2. The predicted molar refractivity (Wildman–Crippen MR) is 78.3 cm³/mol. The van der Waals surface area contributed by atoms with E-state index in [1.807, 2.05) is 0 Å². The number of amides is 1. The van der Waals surface area contributed by atoms with Crippen molar-refractivity contribution < 1.29 is 26.4 Å². The largest absolute Gasteiger partial charge is 0.417 e. The van der Waals surface area contributed by atoms with Gasteiger partial charge in [0.1, 0.15) is 0 Å². The van der Waals surface area contributed by atoms with Gasteiger partial charge < -0.3 is 11.1 Å². The van der Waals surface area contributed by atoms with E-state index in [0.29, 0.717) is 6.07 Å². The highest BCUT2D eigenvalue weighted by Crippen LogP contribution is 2.35. The second-order valence-electron chi connectivity index (χ2n) is 4.43. The number of carbonyl (C=O) groups excluding carboxylic acids is 1. The summed E-state index contributed by atoms with van der Waals surface area (Å²) in [7, 11) is -4.19. The van der Waals surface area contributed by atoms with Gasteiger partial charge in [0, 0.05) is 26.1 Å². The van der Waals surface area contributed by atoms with Gasteiger partial charge in [0.05, 0.1) is 15.5 Å². The van der Waals surface area contributed by atoms with E-state index in [1.54, 1.807) is 0 Å². The Morgan fingerprint density at radius 3 is 2.48 bits per heavy atom. The zero-order valence-corrected chi connectivity index (χ0v) is 13.4. The first kappa shape index (κ1) is 19.7. The van der Waals surface area contributed by atoms with Crippen LogP contribution in [0, 0.1) is 0 Å². The molecule has 0 fully saturated rings. The number of benzene rings is 1. The number of sulfonamides is 1. The Balaban J connectivity index is 2.79. The van der Waals surface area contributed by atoms with Crippen LogP contribution in [0.1, 0.15) is 12.0 Å². The lowest BCUT2D eigenvalue weighted by molar-refractivity contribution is -0.137. The molecule has 0 aromatic heterocycles. The van der Waals surface area contributed by atoms with Crippen molar-refractivity contribution in [2.75, 3.05) is 19.6 Å². The van der Waals surface area contributed by atoms with Crippen LogP contribution >= 0.6 is 11.6 Å². The minimum atomic E-state index is -4.77. The van der Waals surface area contributed by atoms with Crippen LogP contribution in [0.3, 0.4) is 0 Å². The SMILES string of the molecule is NCCNC(=O)CCNS(=O)(=O)c1ccc(Cl)c(C(F)(F)F)c1. The number of rotatable bonds is 7. The standard InChI is InChI=1S/C12H15ClF3N3O3S/c13-10-2-1-8(7-9(10)12(14,15)16)23(21,22)19-5-3-11(20)18-6-4-17/h1-2,7,19H,3-6,17H2,(H,18,20). The molecule has 4 N–H and O–H groups in total. The molecule has 0 spiro atoms. The van der Waals surface area contributed by atoms with Gasteiger partial charge in [0.2, 0.25) is 15.9 Å². The molecule has 0 aliphatic rings. The maximum absolute atomic E-state index is 12.7. The molecule has 1 amide bonds. The first-order valence-electron chi connectivity index (χ1n) is 6.41. The van der Waals surface area contributed by atoms with E-state index >= 15 is 0 Å². The normalized spacial score (nSPS) is 12.2. The molecule has 0 radical (unpaired) electrons. The third kappa shape index (κ3) is 5.98. The molecule has 1 rings (SSSR count). The van der Waals surface area contributed by atoms with Crippen molar-refractivity contribution in [3.63, 3.8) is 0 Å². The van der Waals surface area contributed by atoms with E-state index in [4.69, 9.17) is 17.3 Å². The minimum absolute atomic E-state index is 0.168. The van der Waals surface area contributed by atoms with Crippen LogP contribution in [0.5, 0.6) is 0 Å². The van der Waals surface area contributed by atoms with Crippen molar-refractivity contribution in [1.29, 1.82) is 0 Å². The molecule has 6 nitrogen and oxygen atoms in total. The summed E-state index contributed by atoms with van der Waals surface area (Å²) in [6, 6.07) is 2.25. The number of carbonyl (C=O) groups is 1. The second-order valence-corrected chi connectivity index (χ2v) is 6.60. The van der Waals surface area contributed by atoms with Crippen molar-refractivity contribution in [3.05, 3.63) is 28.8 Å². The highest BCUT2D eigenvalue weighted by Gasteiger charge is 2.34. The van der Waals surface area contributed by atoms with E-state index < -0.39 is 37.6 Å². The molecule has 0 aliphatic carbocycles. The quantitative estimate of drug-likeness (QED) is 0.666. The van der Waals surface area contributed by atoms with E-state index in [0.717, 1.165) is 12.1 Å². The Kier molecular flexibility index (Phi) is 6.81. The summed E-state index contributed by atoms with van der Waals surface area (Å²) in [4.78, 5) is 10.7. The molecule has 11 heteroatoms. The zero-order chi connectivity index (χ0) is 17.7. The van der Waals surface area contributed by atoms with Crippen LogP contribution in [0.2, 0.25) is 5.02 Å². The Morgan fingerprint density at radius 2 is 1.91 bits per heavy atom. The van der Waals surface area contributed by atoms with Gasteiger partial charge in [-0.2, -0.15) is 13.2 Å². The molecule has 1 aromatic carbocycles. The smallest absolute Gasteiger partial charge is 0.355 e. The second kappa shape index (κ2) is 7.95. The Bertz CT molecular complexity index is 665. The first-order valence-corrected chi connectivity index (χ1v) is 8.27. The fourth-order valence-electron chi connectivity index (χ4n) is 1.57. The third-order valence-electron chi connectivity index (χ3n) is 2.66. The van der Waals surface area contributed by atoms with Gasteiger partial charge in [-0.05, 0) is 18.2 Å². The monoisotopic (exact) mass is 373 g/mol. The summed E-state index contributed by atoms with van der Waals surface area (Å²) in [5.41, 5.74) is 3.94. The molecule has 130 valence electrons. The van der Waals surface area contributed by atoms with Gasteiger partial charge in [-0.25, -0.2) is 13.1 Å². The molecule has 0 atom stereocenters. The number of alkyl halides is 3. The van der Waals surface area contributed by atoms with Crippen LogP contribution in [0.25, 0.3) is 0 Å². The third-order valence-corrected chi connectivity index (χ3v) is 4.45. The van der Waals surface area contributed by atoms with Crippen molar-refractivity contribution >= 4 is 27.5 Å². The van der Waals surface area contributed by atoms with E-state index in [2.05, 4.69) is 10.0 Å². The molecular weight excluding hydrogens is 359 g/mol. The van der Waals surface area contributed by atoms with Gasteiger partial charge in [0.25, 0.3) is 0 Å². The van der Waals surface area contributed by atoms with Gasteiger partial charge in [-0.3, -0.25) is 4.79 Å². The van der Waals surface area contributed by atoms with Gasteiger partial charge >= 0.3 is 6.18 Å². The van der Waals surface area contributed by atoms with E-state index in [1.165, 1.54) is 0 Å². The highest BCUT2D eigenvalue weighted by atomic mass is 35.5. The number of halogens is 4. The Labute approximate surface area is 136 Å². The summed E-state index contributed by atoms with van der Waals surface area (Å²) >= 11 is 5.43. The van der Waals surface area contributed by atoms with E-state index in [9.17, 15) is 26.4 Å². The maximum Gasteiger partial charge on any atom is 0.417 e. The number of nitrogens with two attached hydrogens (primary N) is 1. The topological polar surface area (TPSA) is 101 Å². The summed E-state index contributed by atoms with van der Waals surface area (Å²) in [6.07, 6.45) is -4.94. The molecule has 0 heterocycles. The van der Waals surface area contributed by atoms with Gasteiger partial charge in [0.15, 0.2) is 0 Å². The maximum atomic E-state index is 12.7. The summed E-state index contributed by atoms with van der Waals surface area (Å²) in [6.45, 7) is 0.225. The molecule has 1 aromatic rings. The fourth-order valence-corrected chi connectivity index (χ4v) is 2.85. The van der Waals surface area contributed by atoms with Gasteiger partial charge in [-0.1, -0.05) is 11.6 Å². The van der Waals surface area contributed by atoms with E-state index in [-0.39, 0.29) is 26.1 Å². The van der Waals surface area contributed by atoms with Crippen LogP contribution < -0.4 is 15.8 Å². The zero-order valence-electron chi connectivity index (χ0n) is 11.8. The highest BCUT2D eigenvalue weighted by molar-refractivity contribution is 7.89. The van der Waals surface area contributed by atoms with Crippen LogP contribution in [0.4, 0.5) is 13.2 Å². The lowest BCUT2D eigenvalue weighted by Gasteiger charge is -2.12. The Morgan fingerprint density at radius 1 is 1.26 bits per heavy atom. The minimum Gasteiger partial charge on any atom is -0.355 e. The lowest BCUT2D eigenvalue weighted by Crippen LogP contribution is -2.33. The lowest BCUT2D eigenvalue weighted by atomic mass is 10.2. The van der Waals surface area contributed by atoms with Crippen LogP contribution in [-0.2, 0) is 21.0 Å². The van der Waals surface area contributed by atoms with Crippen molar-refractivity contribution in [1.82, 2.24) is 10.0 Å². The predicted octanol–water partition coefficient (Wildman–Crippen LogP) is 1.10. The number of hydrogen-bond donors (Lipinski definition) is 3. The van der Waals surface area contributed by atoms with Crippen LogP contribution in [0.15, 0.2) is 23.1 Å². The fraction of sp³-hybridized carbons (Fsp3) is 0.417. The summed E-state index contributed by atoms with van der Waals surface area (Å²) in [5, 5.41) is 1.83.